The molecule has 2 N–H and O–H groups in total. The molecule has 7 heteroatoms. The lowest BCUT2D eigenvalue weighted by atomic mass is 10.0. The Kier molecular flexibility index (Phi) is 5.87. The van der Waals surface area contributed by atoms with Crippen LogP contribution in [0, 0.1) is 0 Å². The third-order valence-electron chi connectivity index (χ3n) is 5.69. The zero-order valence-corrected chi connectivity index (χ0v) is 18.7. The number of carbonyl (C=O) groups is 1. The smallest absolute Gasteiger partial charge is 0.244 e. The maximum atomic E-state index is 13.0. The summed E-state index contributed by atoms with van der Waals surface area (Å²) in [5.41, 5.74) is 3.70. The molecular weight excluding hydrogens is 430 g/mol. The molecule has 2 atom stereocenters. The van der Waals surface area contributed by atoms with Crippen molar-refractivity contribution in [3.05, 3.63) is 115 Å². The minimum Gasteiger partial charge on any atom is -0.352 e. The predicted molar refractivity (Wildman–Crippen MR) is 133 cm³/mol. The average Bonchev–Trinajstić information content (AvgIpc) is 3.45. The van der Waals surface area contributed by atoms with Crippen molar-refractivity contribution in [2.75, 3.05) is 11.9 Å². The minimum absolute atomic E-state index is 0.120. The van der Waals surface area contributed by atoms with Gasteiger partial charge in [-0.05, 0) is 60.7 Å². The van der Waals surface area contributed by atoms with Crippen LogP contribution in [-0.4, -0.2) is 32.0 Å². The van der Waals surface area contributed by atoms with Crippen LogP contribution in [0.25, 0.3) is 5.69 Å². The summed E-state index contributed by atoms with van der Waals surface area (Å²) in [7, 11) is 0. The first-order valence-corrected chi connectivity index (χ1v) is 11.2. The van der Waals surface area contributed by atoms with Crippen molar-refractivity contribution >= 4 is 28.9 Å². The molecule has 1 aliphatic heterocycles. The van der Waals surface area contributed by atoms with Crippen LogP contribution in [0.15, 0.2) is 103 Å². The number of hydrogen-bond donors (Lipinski definition) is 2. The minimum atomic E-state index is -0.218. The first-order valence-electron chi connectivity index (χ1n) is 10.8. The quantitative estimate of drug-likeness (QED) is 0.422. The molecule has 2 aromatic carbocycles. The Morgan fingerprint density at radius 1 is 0.939 bits per heavy atom. The van der Waals surface area contributed by atoms with Crippen molar-refractivity contribution in [2.24, 2.45) is 0 Å². The molecule has 4 aromatic rings. The predicted octanol–water partition coefficient (Wildman–Crippen LogP) is 4.48. The van der Waals surface area contributed by atoms with E-state index in [1.54, 1.807) is 6.20 Å². The van der Waals surface area contributed by atoms with Gasteiger partial charge in [-0.3, -0.25) is 9.78 Å². The van der Waals surface area contributed by atoms with E-state index in [1.165, 1.54) is 0 Å². The first-order chi connectivity index (χ1) is 16.2. The number of thiocarbonyl (C=S) groups is 1. The van der Waals surface area contributed by atoms with E-state index >= 15 is 0 Å². The lowest BCUT2D eigenvalue weighted by Gasteiger charge is -2.28. The standard InChI is InChI=1S/C26H23N5OS/c32-23(28-19-10-3-1-4-11-19)18-31-25(24(29-26(31)33)21-14-7-8-16-27-21)22-15-9-17-30(22)20-12-5-2-6-13-20/h1-17,24-25H,18H2,(H,28,32)(H,29,33)/t24-,25+/m1/s1. The van der Waals surface area contributed by atoms with Gasteiger partial charge in [0.25, 0.3) is 0 Å². The highest BCUT2D eigenvalue weighted by Gasteiger charge is 2.42. The summed E-state index contributed by atoms with van der Waals surface area (Å²) < 4.78 is 2.14. The van der Waals surface area contributed by atoms with Crippen molar-refractivity contribution in [2.45, 2.75) is 12.1 Å². The first kappa shape index (κ1) is 20.9. The van der Waals surface area contributed by atoms with Gasteiger partial charge in [-0.15, -0.1) is 0 Å². The van der Waals surface area contributed by atoms with Gasteiger partial charge in [0.2, 0.25) is 5.91 Å². The lowest BCUT2D eigenvalue weighted by molar-refractivity contribution is -0.116. The molecule has 1 amide bonds. The van der Waals surface area contributed by atoms with Gasteiger partial charge in [0.05, 0.1) is 17.8 Å². The van der Waals surface area contributed by atoms with Crippen LogP contribution in [0.5, 0.6) is 0 Å². The summed E-state index contributed by atoms with van der Waals surface area (Å²) in [5, 5.41) is 6.90. The molecular formula is C26H23N5OS. The summed E-state index contributed by atoms with van der Waals surface area (Å²) in [6.07, 6.45) is 3.81. The molecule has 1 fully saturated rings. The highest BCUT2D eigenvalue weighted by Crippen LogP contribution is 2.39. The fourth-order valence-corrected chi connectivity index (χ4v) is 4.54. The van der Waals surface area contributed by atoms with Crippen molar-refractivity contribution < 1.29 is 4.79 Å². The number of amides is 1. The Morgan fingerprint density at radius 3 is 2.39 bits per heavy atom. The number of para-hydroxylation sites is 2. The van der Waals surface area contributed by atoms with E-state index in [0.717, 1.165) is 22.8 Å². The fraction of sp³-hybridized carbons (Fsp3) is 0.115. The molecule has 6 nitrogen and oxygen atoms in total. The van der Waals surface area contributed by atoms with Gasteiger partial charge in [0, 0.05) is 29.5 Å². The average molecular weight is 454 g/mol. The Bertz CT molecular complexity index is 1240. The molecule has 0 bridgehead atoms. The molecule has 164 valence electrons. The molecule has 0 unspecified atom stereocenters. The SMILES string of the molecule is O=C(CN1C(=S)N[C@H](c2ccccn2)[C@@H]1c1cccn1-c1ccccc1)Nc1ccccc1. The third-order valence-corrected chi connectivity index (χ3v) is 6.04. The van der Waals surface area contributed by atoms with E-state index < -0.39 is 0 Å². The van der Waals surface area contributed by atoms with E-state index in [4.69, 9.17) is 12.2 Å². The number of pyridine rings is 1. The molecule has 5 rings (SSSR count). The van der Waals surface area contributed by atoms with Crippen LogP contribution >= 0.6 is 12.2 Å². The van der Waals surface area contributed by atoms with E-state index in [0.29, 0.717) is 5.11 Å². The molecule has 1 saturated heterocycles. The number of aromatic nitrogens is 2. The number of nitrogens with zero attached hydrogens (tertiary/aromatic N) is 3. The van der Waals surface area contributed by atoms with Crippen molar-refractivity contribution in [3.8, 4) is 5.69 Å². The Morgan fingerprint density at radius 2 is 1.67 bits per heavy atom. The van der Waals surface area contributed by atoms with E-state index in [9.17, 15) is 4.79 Å². The number of nitrogens with one attached hydrogen (secondary N) is 2. The Labute approximate surface area is 197 Å². The second-order valence-electron chi connectivity index (χ2n) is 7.81. The highest BCUT2D eigenvalue weighted by molar-refractivity contribution is 7.80. The van der Waals surface area contributed by atoms with E-state index in [1.807, 2.05) is 83.9 Å². The number of benzene rings is 2. The van der Waals surface area contributed by atoms with Gasteiger partial charge in [-0.25, -0.2) is 0 Å². The van der Waals surface area contributed by atoms with Gasteiger partial charge in [0.1, 0.15) is 6.54 Å². The zero-order valence-electron chi connectivity index (χ0n) is 17.8. The molecule has 0 aliphatic carbocycles. The lowest BCUT2D eigenvalue weighted by Crippen LogP contribution is -2.37. The van der Waals surface area contributed by atoms with E-state index in [2.05, 4.69) is 38.4 Å². The Hall–Kier alpha value is -3.97. The van der Waals surface area contributed by atoms with Crippen LogP contribution in [-0.2, 0) is 4.79 Å². The van der Waals surface area contributed by atoms with Gasteiger partial charge in [-0.1, -0.05) is 42.5 Å². The second-order valence-corrected chi connectivity index (χ2v) is 8.19. The monoisotopic (exact) mass is 453 g/mol. The molecule has 0 radical (unpaired) electrons. The number of rotatable bonds is 6. The topological polar surface area (TPSA) is 62.2 Å². The fourth-order valence-electron chi connectivity index (χ4n) is 4.23. The number of anilines is 1. The van der Waals surface area contributed by atoms with Crippen molar-refractivity contribution in [3.63, 3.8) is 0 Å². The van der Waals surface area contributed by atoms with Crippen molar-refractivity contribution in [1.29, 1.82) is 0 Å². The van der Waals surface area contributed by atoms with Crippen LogP contribution in [0.1, 0.15) is 23.5 Å². The zero-order chi connectivity index (χ0) is 22.6. The maximum Gasteiger partial charge on any atom is 0.244 e. The molecule has 1 aliphatic rings. The summed E-state index contributed by atoms with van der Waals surface area (Å²) in [6.45, 7) is 0.120. The van der Waals surface area contributed by atoms with Gasteiger partial charge < -0.3 is 20.1 Å². The molecule has 2 aromatic heterocycles. The number of hydrogen-bond acceptors (Lipinski definition) is 3. The summed E-state index contributed by atoms with van der Waals surface area (Å²) >= 11 is 5.71. The Balaban J connectivity index is 1.51. The van der Waals surface area contributed by atoms with Gasteiger partial charge in [0.15, 0.2) is 5.11 Å². The highest BCUT2D eigenvalue weighted by atomic mass is 32.1. The van der Waals surface area contributed by atoms with Gasteiger partial charge >= 0.3 is 0 Å². The largest absolute Gasteiger partial charge is 0.352 e. The maximum absolute atomic E-state index is 13.0. The van der Waals surface area contributed by atoms with E-state index in [-0.39, 0.29) is 24.5 Å². The third kappa shape index (κ3) is 4.36. The van der Waals surface area contributed by atoms with Crippen LogP contribution < -0.4 is 10.6 Å². The normalized spacial score (nSPS) is 17.6. The number of carbonyl (C=O) groups excluding carboxylic acids is 1. The summed E-state index contributed by atoms with van der Waals surface area (Å²) in [6, 6.07) is 29.1. The van der Waals surface area contributed by atoms with Crippen LogP contribution in [0.3, 0.4) is 0 Å². The van der Waals surface area contributed by atoms with Crippen LogP contribution in [0.4, 0.5) is 5.69 Å². The second kappa shape index (κ2) is 9.26. The van der Waals surface area contributed by atoms with Crippen molar-refractivity contribution in [1.82, 2.24) is 19.8 Å². The van der Waals surface area contributed by atoms with Crippen LogP contribution in [0.2, 0.25) is 0 Å². The molecule has 0 spiro atoms. The molecule has 0 saturated carbocycles. The summed E-state index contributed by atoms with van der Waals surface area (Å²) in [5.74, 6) is -0.130. The van der Waals surface area contributed by atoms with Gasteiger partial charge in [-0.2, -0.15) is 0 Å². The molecule has 33 heavy (non-hydrogen) atoms. The molecule has 3 heterocycles. The summed E-state index contributed by atoms with van der Waals surface area (Å²) in [4.78, 5) is 19.5.